The standard InChI is InChI=1S/C19H29N3O2/c1-19(2,3)24-18(23)22-12-5-4-9-16(22)14-10-11-17(20-13-14)21-15-7-6-8-15/h10-11,13,15-16H,4-9,12H2,1-3H3,(H,20,21)/t16-/m0/s1. The lowest BCUT2D eigenvalue weighted by Crippen LogP contribution is -2.41. The van der Waals surface area contributed by atoms with Crippen molar-refractivity contribution in [2.75, 3.05) is 11.9 Å². The van der Waals surface area contributed by atoms with Crippen molar-refractivity contribution >= 4 is 11.9 Å². The molecular formula is C19H29N3O2. The molecule has 24 heavy (non-hydrogen) atoms. The smallest absolute Gasteiger partial charge is 0.410 e. The fourth-order valence-electron chi connectivity index (χ4n) is 3.27. The van der Waals surface area contributed by atoms with Crippen molar-refractivity contribution in [1.82, 2.24) is 9.88 Å². The summed E-state index contributed by atoms with van der Waals surface area (Å²) in [5.41, 5.74) is 0.633. The number of likely N-dealkylation sites (tertiary alicyclic amines) is 1. The second-order valence-corrected chi connectivity index (χ2v) is 7.93. The number of anilines is 1. The second-order valence-electron chi connectivity index (χ2n) is 7.93. The number of amides is 1. The molecule has 1 N–H and O–H groups in total. The van der Waals surface area contributed by atoms with E-state index < -0.39 is 5.60 Å². The van der Waals surface area contributed by atoms with E-state index in [1.54, 1.807) is 0 Å². The molecule has 1 amide bonds. The fraction of sp³-hybridized carbons (Fsp3) is 0.684. The number of nitrogens with zero attached hydrogens (tertiary/aromatic N) is 2. The Hall–Kier alpha value is -1.78. The van der Waals surface area contributed by atoms with Crippen LogP contribution in [0.1, 0.15) is 70.9 Å². The molecule has 3 rings (SSSR count). The maximum atomic E-state index is 12.5. The van der Waals surface area contributed by atoms with Gasteiger partial charge in [0.15, 0.2) is 0 Å². The summed E-state index contributed by atoms with van der Waals surface area (Å²) in [5, 5.41) is 3.46. The van der Waals surface area contributed by atoms with E-state index in [1.807, 2.05) is 37.9 Å². The van der Waals surface area contributed by atoms with Crippen LogP contribution in [0.2, 0.25) is 0 Å². The van der Waals surface area contributed by atoms with Gasteiger partial charge in [-0.3, -0.25) is 0 Å². The quantitative estimate of drug-likeness (QED) is 0.885. The van der Waals surface area contributed by atoms with Crippen LogP contribution in [0.4, 0.5) is 10.6 Å². The van der Waals surface area contributed by atoms with Gasteiger partial charge in [-0.05, 0) is 70.9 Å². The molecule has 1 aliphatic carbocycles. The zero-order chi connectivity index (χ0) is 17.2. The Morgan fingerprint density at radius 3 is 2.58 bits per heavy atom. The largest absolute Gasteiger partial charge is 0.444 e. The van der Waals surface area contributed by atoms with Crippen LogP contribution in [0.5, 0.6) is 0 Å². The maximum Gasteiger partial charge on any atom is 0.410 e. The number of nitrogens with one attached hydrogen (secondary N) is 1. The van der Waals surface area contributed by atoms with Gasteiger partial charge in [0.05, 0.1) is 6.04 Å². The lowest BCUT2D eigenvalue weighted by atomic mass is 9.93. The molecule has 5 heteroatoms. The number of hydrogen-bond donors (Lipinski definition) is 1. The molecule has 2 fully saturated rings. The Bertz CT molecular complexity index is 561. The number of pyridine rings is 1. The average molecular weight is 331 g/mol. The molecule has 5 nitrogen and oxygen atoms in total. The van der Waals surface area contributed by atoms with E-state index in [0.717, 1.165) is 37.2 Å². The molecule has 1 aliphatic heterocycles. The molecule has 1 saturated carbocycles. The molecule has 0 bridgehead atoms. The van der Waals surface area contributed by atoms with Crippen LogP contribution in [0, 0.1) is 0 Å². The molecule has 2 heterocycles. The van der Waals surface area contributed by atoms with E-state index in [-0.39, 0.29) is 12.1 Å². The Morgan fingerprint density at radius 2 is 2.00 bits per heavy atom. The Morgan fingerprint density at radius 1 is 1.21 bits per heavy atom. The summed E-state index contributed by atoms with van der Waals surface area (Å²) in [5.74, 6) is 0.933. The highest BCUT2D eigenvalue weighted by atomic mass is 16.6. The summed E-state index contributed by atoms with van der Waals surface area (Å²) in [4.78, 5) is 18.9. The van der Waals surface area contributed by atoms with Crippen molar-refractivity contribution in [3.8, 4) is 0 Å². The maximum absolute atomic E-state index is 12.5. The number of ether oxygens (including phenoxy) is 1. The molecule has 1 atom stereocenters. The highest BCUT2D eigenvalue weighted by molar-refractivity contribution is 5.69. The average Bonchev–Trinajstić information content (AvgIpc) is 2.50. The first kappa shape index (κ1) is 17.1. The van der Waals surface area contributed by atoms with E-state index in [9.17, 15) is 4.79 Å². The lowest BCUT2D eigenvalue weighted by Gasteiger charge is -2.37. The first-order valence-corrected chi connectivity index (χ1v) is 9.14. The van der Waals surface area contributed by atoms with Crippen LogP contribution in [-0.4, -0.2) is 34.2 Å². The normalized spacial score (nSPS) is 22.0. The molecule has 1 aromatic heterocycles. The zero-order valence-electron chi connectivity index (χ0n) is 15.0. The fourth-order valence-corrected chi connectivity index (χ4v) is 3.27. The van der Waals surface area contributed by atoms with E-state index in [4.69, 9.17) is 4.74 Å². The van der Waals surface area contributed by atoms with Gasteiger partial charge in [0.1, 0.15) is 11.4 Å². The van der Waals surface area contributed by atoms with Crippen LogP contribution in [0.3, 0.4) is 0 Å². The van der Waals surface area contributed by atoms with Crippen LogP contribution in [-0.2, 0) is 4.74 Å². The third kappa shape index (κ3) is 4.19. The SMILES string of the molecule is CC(C)(C)OC(=O)N1CCCC[C@H]1c1ccc(NC2CCC2)nc1. The van der Waals surface area contributed by atoms with Crippen LogP contribution in [0.15, 0.2) is 18.3 Å². The van der Waals surface area contributed by atoms with Crippen LogP contribution >= 0.6 is 0 Å². The molecule has 0 unspecified atom stereocenters. The third-order valence-electron chi connectivity index (χ3n) is 4.76. The van der Waals surface area contributed by atoms with E-state index in [2.05, 4.69) is 16.4 Å². The van der Waals surface area contributed by atoms with Gasteiger partial charge in [0.2, 0.25) is 0 Å². The summed E-state index contributed by atoms with van der Waals surface area (Å²) in [7, 11) is 0. The van der Waals surface area contributed by atoms with E-state index in [0.29, 0.717) is 6.04 Å². The molecule has 1 aromatic rings. The number of aromatic nitrogens is 1. The molecule has 132 valence electrons. The van der Waals surface area contributed by atoms with E-state index in [1.165, 1.54) is 19.3 Å². The van der Waals surface area contributed by atoms with Crippen molar-refractivity contribution in [2.24, 2.45) is 0 Å². The summed E-state index contributed by atoms with van der Waals surface area (Å²) in [6, 6.07) is 4.78. The zero-order valence-corrected chi connectivity index (χ0v) is 15.0. The summed E-state index contributed by atoms with van der Waals surface area (Å²) >= 11 is 0. The van der Waals surface area contributed by atoms with Crippen LogP contribution < -0.4 is 5.32 Å². The highest BCUT2D eigenvalue weighted by Crippen LogP contribution is 2.32. The summed E-state index contributed by atoms with van der Waals surface area (Å²) in [6.07, 6.45) is 8.60. The van der Waals surface area contributed by atoms with Gasteiger partial charge in [-0.25, -0.2) is 9.78 Å². The van der Waals surface area contributed by atoms with Gasteiger partial charge in [0, 0.05) is 18.8 Å². The number of hydrogen-bond acceptors (Lipinski definition) is 4. The minimum Gasteiger partial charge on any atom is -0.444 e. The first-order chi connectivity index (χ1) is 11.4. The van der Waals surface area contributed by atoms with Crippen molar-refractivity contribution in [2.45, 2.75) is 77.0 Å². The lowest BCUT2D eigenvalue weighted by molar-refractivity contribution is 0.00948. The number of piperidine rings is 1. The number of rotatable bonds is 3. The van der Waals surface area contributed by atoms with E-state index >= 15 is 0 Å². The van der Waals surface area contributed by atoms with Gasteiger partial charge in [-0.15, -0.1) is 0 Å². The Labute approximate surface area is 144 Å². The van der Waals surface area contributed by atoms with Gasteiger partial charge < -0.3 is 15.0 Å². The summed E-state index contributed by atoms with van der Waals surface area (Å²) < 4.78 is 5.58. The van der Waals surface area contributed by atoms with Crippen molar-refractivity contribution < 1.29 is 9.53 Å². The van der Waals surface area contributed by atoms with Crippen molar-refractivity contribution in [1.29, 1.82) is 0 Å². The van der Waals surface area contributed by atoms with Crippen molar-refractivity contribution in [3.63, 3.8) is 0 Å². The Balaban J connectivity index is 1.69. The van der Waals surface area contributed by atoms with Gasteiger partial charge >= 0.3 is 6.09 Å². The molecular weight excluding hydrogens is 302 g/mol. The molecule has 0 radical (unpaired) electrons. The predicted molar refractivity (Wildman–Crippen MR) is 95.0 cm³/mol. The topological polar surface area (TPSA) is 54.5 Å². The molecule has 1 saturated heterocycles. The minimum absolute atomic E-state index is 0.0684. The predicted octanol–water partition coefficient (Wildman–Crippen LogP) is 4.51. The van der Waals surface area contributed by atoms with Crippen LogP contribution in [0.25, 0.3) is 0 Å². The molecule has 0 aromatic carbocycles. The number of carbonyl (C=O) groups is 1. The third-order valence-corrected chi connectivity index (χ3v) is 4.76. The van der Waals surface area contributed by atoms with Gasteiger partial charge in [-0.1, -0.05) is 6.07 Å². The summed E-state index contributed by atoms with van der Waals surface area (Å²) in [6.45, 7) is 6.48. The van der Waals surface area contributed by atoms with Crippen molar-refractivity contribution in [3.05, 3.63) is 23.9 Å². The Kier molecular flexibility index (Phi) is 4.97. The first-order valence-electron chi connectivity index (χ1n) is 9.14. The molecule has 2 aliphatic rings. The van der Waals surface area contributed by atoms with Gasteiger partial charge in [-0.2, -0.15) is 0 Å². The molecule has 0 spiro atoms. The second kappa shape index (κ2) is 6.99. The monoisotopic (exact) mass is 331 g/mol. The highest BCUT2D eigenvalue weighted by Gasteiger charge is 2.31. The van der Waals surface area contributed by atoms with Gasteiger partial charge in [0.25, 0.3) is 0 Å². The minimum atomic E-state index is -0.464. The number of carbonyl (C=O) groups excluding carboxylic acids is 1.